The summed E-state index contributed by atoms with van der Waals surface area (Å²) in [5, 5.41) is 3.23. The summed E-state index contributed by atoms with van der Waals surface area (Å²) in [5.41, 5.74) is 7.66. The predicted molar refractivity (Wildman–Crippen MR) is 86.7 cm³/mol. The molecule has 22 heavy (non-hydrogen) atoms. The van der Waals surface area contributed by atoms with E-state index in [1.165, 1.54) is 0 Å². The van der Waals surface area contributed by atoms with Crippen LogP contribution in [0.3, 0.4) is 0 Å². The SMILES string of the molecule is CCCOc1nc(COC)nc(NCc2ccccc2)c1N. The van der Waals surface area contributed by atoms with Crippen molar-refractivity contribution in [2.75, 3.05) is 24.8 Å². The van der Waals surface area contributed by atoms with Gasteiger partial charge in [-0.15, -0.1) is 0 Å². The number of benzene rings is 1. The number of nitrogens with zero attached hydrogens (tertiary/aromatic N) is 2. The van der Waals surface area contributed by atoms with Crippen molar-refractivity contribution in [1.82, 2.24) is 9.97 Å². The molecule has 6 nitrogen and oxygen atoms in total. The number of nitrogen functional groups attached to an aromatic ring is 1. The third-order valence-corrected chi connectivity index (χ3v) is 2.98. The normalized spacial score (nSPS) is 10.5. The highest BCUT2D eigenvalue weighted by atomic mass is 16.5. The van der Waals surface area contributed by atoms with Gasteiger partial charge < -0.3 is 20.5 Å². The van der Waals surface area contributed by atoms with E-state index in [1.54, 1.807) is 7.11 Å². The van der Waals surface area contributed by atoms with Gasteiger partial charge in [0.2, 0.25) is 5.88 Å². The van der Waals surface area contributed by atoms with Crippen molar-refractivity contribution in [1.29, 1.82) is 0 Å². The Kier molecular flexibility index (Phi) is 5.97. The molecule has 2 rings (SSSR count). The molecule has 2 aromatic rings. The summed E-state index contributed by atoms with van der Waals surface area (Å²) >= 11 is 0. The van der Waals surface area contributed by atoms with Gasteiger partial charge in [0.05, 0.1) is 6.61 Å². The monoisotopic (exact) mass is 302 g/mol. The Labute approximate surface area is 130 Å². The lowest BCUT2D eigenvalue weighted by atomic mass is 10.2. The third kappa shape index (κ3) is 4.33. The average Bonchev–Trinajstić information content (AvgIpc) is 2.55. The highest BCUT2D eigenvalue weighted by molar-refractivity contribution is 5.67. The molecule has 1 heterocycles. The number of ether oxygens (including phenoxy) is 2. The Morgan fingerprint density at radius 1 is 1.18 bits per heavy atom. The fraction of sp³-hybridized carbons (Fsp3) is 0.375. The zero-order valence-corrected chi connectivity index (χ0v) is 13.0. The third-order valence-electron chi connectivity index (χ3n) is 2.98. The van der Waals surface area contributed by atoms with Gasteiger partial charge in [-0.25, -0.2) is 4.98 Å². The molecule has 3 N–H and O–H groups in total. The van der Waals surface area contributed by atoms with Gasteiger partial charge in [-0.05, 0) is 12.0 Å². The lowest BCUT2D eigenvalue weighted by molar-refractivity contribution is 0.176. The van der Waals surface area contributed by atoms with E-state index in [2.05, 4.69) is 15.3 Å². The van der Waals surface area contributed by atoms with Gasteiger partial charge in [0, 0.05) is 13.7 Å². The molecule has 0 aliphatic carbocycles. The number of anilines is 2. The summed E-state index contributed by atoms with van der Waals surface area (Å²) in [6, 6.07) is 10.0. The molecule has 0 saturated carbocycles. The van der Waals surface area contributed by atoms with Gasteiger partial charge in [-0.1, -0.05) is 37.3 Å². The minimum Gasteiger partial charge on any atom is -0.476 e. The van der Waals surface area contributed by atoms with Crippen molar-refractivity contribution in [3.63, 3.8) is 0 Å². The molecule has 0 atom stereocenters. The van der Waals surface area contributed by atoms with Gasteiger partial charge in [-0.2, -0.15) is 4.98 Å². The number of nitrogens with one attached hydrogen (secondary N) is 1. The second-order valence-corrected chi connectivity index (χ2v) is 4.83. The van der Waals surface area contributed by atoms with E-state index in [9.17, 15) is 0 Å². The summed E-state index contributed by atoms with van der Waals surface area (Å²) in [6.07, 6.45) is 0.885. The van der Waals surface area contributed by atoms with Crippen molar-refractivity contribution >= 4 is 11.5 Å². The van der Waals surface area contributed by atoms with Crippen LogP contribution < -0.4 is 15.8 Å². The zero-order valence-electron chi connectivity index (χ0n) is 13.0. The minimum absolute atomic E-state index is 0.308. The van der Waals surface area contributed by atoms with Crippen LogP contribution in [0.2, 0.25) is 0 Å². The van der Waals surface area contributed by atoms with Crippen LogP contribution in [0, 0.1) is 0 Å². The topological polar surface area (TPSA) is 82.3 Å². The first-order valence-electron chi connectivity index (χ1n) is 7.30. The molecule has 0 fully saturated rings. The Balaban J connectivity index is 2.18. The van der Waals surface area contributed by atoms with Crippen LogP contribution >= 0.6 is 0 Å². The molecule has 118 valence electrons. The second kappa shape index (κ2) is 8.19. The lowest BCUT2D eigenvalue weighted by Crippen LogP contribution is -2.11. The van der Waals surface area contributed by atoms with Crippen LogP contribution in [0.25, 0.3) is 0 Å². The average molecular weight is 302 g/mol. The quantitative estimate of drug-likeness (QED) is 0.780. The molecule has 0 unspecified atom stereocenters. The number of rotatable bonds is 8. The Morgan fingerprint density at radius 3 is 2.64 bits per heavy atom. The molecule has 1 aromatic heterocycles. The van der Waals surface area contributed by atoms with Crippen LogP contribution in [0.4, 0.5) is 11.5 Å². The highest BCUT2D eigenvalue weighted by Crippen LogP contribution is 2.26. The molecule has 1 aromatic carbocycles. The van der Waals surface area contributed by atoms with Crippen molar-refractivity contribution < 1.29 is 9.47 Å². The fourth-order valence-electron chi connectivity index (χ4n) is 1.91. The summed E-state index contributed by atoms with van der Waals surface area (Å²) < 4.78 is 10.7. The van der Waals surface area contributed by atoms with Gasteiger partial charge in [0.25, 0.3) is 0 Å². The van der Waals surface area contributed by atoms with Crippen molar-refractivity contribution in [2.24, 2.45) is 0 Å². The number of methoxy groups -OCH3 is 1. The maximum atomic E-state index is 6.10. The van der Waals surface area contributed by atoms with E-state index < -0.39 is 0 Å². The Bertz CT molecular complexity index is 590. The van der Waals surface area contributed by atoms with Crippen LogP contribution in [0.1, 0.15) is 24.7 Å². The van der Waals surface area contributed by atoms with Gasteiger partial charge in [-0.3, -0.25) is 0 Å². The first-order chi connectivity index (χ1) is 10.7. The Morgan fingerprint density at radius 2 is 1.95 bits per heavy atom. The minimum atomic E-state index is 0.308. The van der Waals surface area contributed by atoms with Crippen molar-refractivity contribution in [3.8, 4) is 5.88 Å². The number of hydrogen-bond donors (Lipinski definition) is 2. The zero-order chi connectivity index (χ0) is 15.8. The van der Waals surface area contributed by atoms with Gasteiger partial charge >= 0.3 is 0 Å². The fourth-order valence-corrected chi connectivity index (χ4v) is 1.91. The van der Waals surface area contributed by atoms with Crippen LogP contribution in [0.15, 0.2) is 30.3 Å². The van der Waals surface area contributed by atoms with Crippen LogP contribution in [-0.2, 0) is 17.9 Å². The Hall–Kier alpha value is -2.34. The molecule has 0 spiro atoms. The molecule has 6 heteroatoms. The molecule has 0 radical (unpaired) electrons. The summed E-state index contributed by atoms with van der Waals surface area (Å²) in [6.45, 7) is 3.53. The summed E-state index contributed by atoms with van der Waals surface area (Å²) in [4.78, 5) is 8.69. The van der Waals surface area contributed by atoms with E-state index >= 15 is 0 Å². The predicted octanol–water partition coefficient (Wildman–Crippen LogP) is 2.61. The number of aromatic nitrogens is 2. The van der Waals surface area contributed by atoms with E-state index in [0.29, 0.717) is 43.0 Å². The van der Waals surface area contributed by atoms with E-state index in [4.69, 9.17) is 15.2 Å². The first-order valence-corrected chi connectivity index (χ1v) is 7.30. The maximum Gasteiger partial charge on any atom is 0.242 e. The summed E-state index contributed by atoms with van der Waals surface area (Å²) in [7, 11) is 1.60. The highest BCUT2D eigenvalue weighted by Gasteiger charge is 2.13. The summed E-state index contributed by atoms with van der Waals surface area (Å²) in [5.74, 6) is 1.51. The van der Waals surface area contributed by atoms with Gasteiger partial charge in [0.15, 0.2) is 11.6 Å². The molecule has 0 amide bonds. The van der Waals surface area contributed by atoms with Crippen LogP contribution in [0.5, 0.6) is 5.88 Å². The second-order valence-electron chi connectivity index (χ2n) is 4.83. The standard InChI is InChI=1S/C16H22N4O2/c1-3-9-22-16-14(17)15(19-13(20-16)11-21-2)18-10-12-7-5-4-6-8-12/h4-8H,3,9-11,17H2,1-2H3,(H,18,19,20). The van der Waals surface area contributed by atoms with E-state index in [0.717, 1.165) is 12.0 Å². The van der Waals surface area contributed by atoms with Crippen molar-refractivity contribution in [3.05, 3.63) is 41.7 Å². The number of nitrogens with two attached hydrogens (primary N) is 1. The molecule has 0 saturated heterocycles. The molecule has 0 aliphatic rings. The molecular formula is C16H22N4O2. The molecule has 0 aliphatic heterocycles. The number of hydrogen-bond acceptors (Lipinski definition) is 6. The lowest BCUT2D eigenvalue weighted by Gasteiger charge is -2.14. The maximum absolute atomic E-state index is 6.10. The molecular weight excluding hydrogens is 280 g/mol. The van der Waals surface area contributed by atoms with E-state index in [-0.39, 0.29) is 0 Å². The molecule has 0 bridgehead atoms. The first kappa shape index (κ1) is 16.0. The van der Waals surface area contributed by atoms with E-state index in [1.807, 2.05) is 37.3 Å². The van der Waals surface area contributed by atoms with Gasteiger partial charge in [0.1, 0.15) is 12.3 Å². The largest absolute Gasteiger partial charge is 0.476 e. The van der Waals surface area contributed by atoms with Crippen molar-refractivity contribution in [2.45, 2.75) is 26.5 Å². The smallest absolute Gasteiger partial charge is 0.242 e. The van der Waals surface area contributed by atoms with Crippen LogP contribution in [-0.4, -0.2) is 23.7 Å².